The zero-order valence-corrected chi connectivity index (χ0v) is 20.8. The van der Waals surface area contributed by atoms with Crippen molar-refractivity contribution in [2.75, 3.05) is 28.3 Å². The van der Waals surface area contributed by atoms with Crippen LogP contribution in [0.1, 0.15) is 43.9 Å². The molecule has 1 aliphatic heterocycles. The number of benzene rings is 2. The lowest BCUT2D eigenvalue weighted by molar-refractivity contribution is -0.122. The second-order valence-corrected chi connectivity index (χ2v) is 11.0. The van der Waals surface area contributed by atoms with E-state index in [1.807, 2.05) is 32.0 Å². The Morgan fingerprint density at radius 1 is 1.15 bits per heavy atom. The van der Waals surface area contributed by atoms with Crippen molar-refractivity contribution in [1.82, 2.24) is 9.62 Å². The van der Waals surface area contributed by atoms with Crippen LogP contribution in [0.3, 0.4) is 0 Å². The van der Waals surface area contributed by atoms with Crippen LogP contribution in [-0.4, -0.2) is 52.5 Å². The first kappa shape index (κ1) is 24.9. The number of carbonyl (C=O) groups excluding carboxylic acids is 1. The Balaban J connectivity index is 1.77. The Morgan fingerprint density at radius 3 is 2.52 bits per heavy atom. The van der Waals surface area contributed by atoms with Crippen LogP contribution in [0.2, 0.25) is 0 Å². The summed E-state index contributed by atoms with van der Waals surface area (Å²) in [6.07, 6.45) is 1.13. The van der Waals surface area contributed by atoms with Gasteiger partial charge in [-0.3, -0.25) is 4.79 Å². The maximum absolute atomic E-state index is 12.9. The maximum Gasteiger partial charge on any atom is 0.242 e. The number of methoxy groups -OCH3 is 2. The lowest BCUT2D eigenvalue weighted by atomic mass is 9.89. The number of carbonyl (C=O) groups is 1. The number of rotatable bonds is 8. The first-order valence-corrected chi connectivity index (χ1v) is 12.2. The van der Waals surface area contributed by atoms with Crippen LogP contribution in [0, 0.1) is 0 Å². The second kappa shape index (κ2) is 9.61. The highest BCUT2D eigenvalue weighted by Gasteiger charge is 2.34. The number of hydrogen-bond donors (Lipinski definition) is 1. The van der Waals surface area contributed by atoms with Gasteiger partial charge in [0.2, 0.25) is 15.9 Å². The van der Waals surface area contributed by atoms with Gasteiger partial charge in [-0.05, 0) is 62.2 Å². The molecule has 0 saturated heterocycles. The predicted molar refractivity (Wildman–Crippen MR) is 125 cm³/mol. The zero-order chi connectivity index (χ0) is 24.4. The molecule has 0 radical (unpaired) electrons. The lowest BCUT2D eigenvalue weighted by Crippen LogP contribution is -2.41. The van der Waals surface area contributed by atoms with Crippen molar-refractivity contribution in [1.29, 1.82) is 0 Å². The molecule has 0 unspecified atom stereocenters. The van der Waals surface area contributed by atoms with Gasteiger partial charge in [0.1, 0.15) is 22.8 Å². The fourth-order valence-electron chi connectivity index (χ4n) is 3.92. The lowest BCUT2D eigenvalue weighted by Gasteiger charge is -2.38. The molecule has 1 aliphatic rings. The Kier molecular flexibility index (Phi) is 7.23. The van der Waals surface area contributed by atoms with Gasteiger partial charge in [-0.1, -0.05) is 0 Å². The molecule has 1 heterocycles. The van der Waals surface area contributed by atoms with E-state index in [4.69, 9.17) is 14.2 Å². The molecule has 33 heavy (non-hydrogen) atoms. The molecule has 0 spiro atoms. The van der Waals surface area contributed by atoms with Crippen LogP contribution in [-0.2, 0) is 21.2 Å². The molecule has 8 nitrogen and oxygen atoms in total. The van der Waals surface area contributed by atoms with Crippen LogP contribution in [0.15, 0.2) is 41.3 Å². The molecule has 2 aromatic rings. The van der Waals surface area contributed by atoms with Crippen LogP contribution in [0.25, 0.3) is 0 Å². The number of aryl methyl sites for hydroxylation is 1. The second-order valence-electron chi connectivity index (χ2n) is 8.85. The first-order chi connectivity index (χ1) is 15.5. The van der Waals surface area contributed by atoms with E-state index in [2.05, 4.69) is 5.32 Å². The molecule has 0 aliphatic carbocycles. The van der Waals surface area contributed by atoms with Crippen LogP contribution >= 0.6 is 0 Å². The highest BCUT2D eigenvalue weighted by molar-refractivity contribution is 7.89. The normalized spacial score (nSPS) is 17.1. The van der Waals surface area contributed by atoms with Crippen molar-refractivity contribution in [2.24, 2.45) is 0 Å². The minimum atomic E-state index is -3.59. The molecule has 1 N–H and O–H groups in total. The van der Waals surface area contributed by atoms with E-state index in [0.29, 0.717) is 29.9 Å². The summed E-state index contributed by atoms with van der Waals surface area (Å²) in [6.45, 7) is 3.97. The van der Waals surface area contributed by atoms with E-state index in [0.717, 1.165) is 15.6 Å². The number of amides is 1. The smallest absolute Gasteiger partial charge is 0.242 e. The Morgan fingerprint density at radius 2 is 1.88 bits per heavy atom. The minimum absolute atomic E-state index is 0.144. The molecule has 1 amide bonds. The van der Waals surface area contributed by atoms with Gasteiger partial charge in [0, 0.05) is 32.5 Å². The average molecular weight is 477 g/mol. The molecule has 1 atom stereocenters. The van der Waals surface area contributed by atoms with Gasteiger partial charge in [0.25, 0.3) is 0 Å². The number of hydrogen-bond acceptors (Lipinski definition) is 6. The van der Waals surface area contributed by atoms with E-state index in [9.17, 15) is 13.2 Å². The van der Waals surface area contributed by atoms with E-state index < -0.39 is 15.6 Å². The molecular weight excluding hydrogens is 444 g/mol. The van der Waals surface area contributed by atoms with Gasteiger partial charge >= 0.3 is 0 Å². The molecule has 0 saturated carbocycles. The molecule has 0 fully saturated rings. The predicted octanol–water partition coefficient (Wildman–Crippen LogP) is 3.31. The Labute approximate surface area is 195 Å². The number of ether oxygens (including phenoxy) is 3. The number of nitrogens with one attached hydrogen (secondary N) is 1. The van der Waals surface area contributed by atoms with E-state index in [-0.39, 0.29) is 23.3 Å². The average Bonchev–Trinajstić information content (AvgIpc) is 2.76. The minimum Gasteiger partial charge on any atom is -0.497 e. The van der Waals surface area contributed by atoms with Crippen LogP contribution in [0.4, 0.5) is 0 Å². The summed E-state index contributed by atoms with van der Waals surface area (Å²) >= 11 is 0. The molecule has 0 aromatic heterocycles. The van der Waals surface area contributed by atoms with E-state index in [1.54, 1.807) is 19.2 Å². The first-order valence-electron chi connectivity index (χ1n) is 10.7. The standard InChI is InChI=1S/C24H32N2O6S/c1-24(2)15-20(19-14-17(30-5)8-10-22(19)32-24)25-23(27)12-7-16-13-18(9-11-21(16)31-6)33(28,29)26(3)4/h8-11,13-14,20H,7,12,15H2,1-6H3,(H,25,27)/t20-/m0/s1. The van der Waals surface area contributed by atoms with Crippen molar-refractivity contribution in [2.45, 2.75) is 49.6 Å². The van der Waals surface area contributed by atoms with E-state index >= 15 is 0 Å². The summed E-state index contributed by atoms with van der Waals surface area (Å²) in [5, 5.41) is 3.11. The highest BCUT2D eigenvalue weighted by Crippen LogP contribution is 2.41. The molecule has 2 aromatic carbocycles. The molecular formula is C24H32N2O6S. The monoisotopic (exact) mass is 476 g/mol. The molecule has 9 heteroatoms. The third-order valence-electron chi connectivity index (χ3n) is 5.66. The molecule has 3 rings (SSSR count). The maximum atomic E-state index is 12.9. The van der Waals surface area contributed by atoms with Crippen LogP contribution in [0.5, 0.6) is 17.2 Å². The van der Waals surface area contributed by atoms with Gasteiger partial charge < -0.3 is 19.5 Å². The molecule has 0 bridgehead atoms. The van der Waals surface area contributed by atoms with Gasteiger partial charge in [-0.2, -0.15) is 0 Å². The fraction of sp³-hybridized carbons (Fsp3) is 0.458. The SMILES string of the molecule is COc1ccc2c(c1)[C@@H](NC(=O)CCc1cc(S(=O)(=O)N(C)C)ccc1OC)CC(C)(C)O2. The van der Waals surface area contributed by atoms with Crippen molar-refractivity contribution in [3.8, 4) is 17.2 Å². The van der Waals surface area contributed by atoms with Gasteiger partial charge in [-0.25, -0.2) is 12.7 Å². The number of sulfonamides is 1. The summed E-state index contributed by atoms with van der Waals surface area (Å²) < 4.78 is 42.9. The van der Waals surface area contributed by atoms with Gasteiger partial charge in [-0.15, -0.1) is 0 Å². The van der Waals surface area contributed by atoms with Crippen molar-refractivity contribution < 1.29 is 27.4 Å². The third-order valence-corrected chi connectivity index (χ3v) is 7.47. The number of nitrogens with zero attached hydrogens (tertiary/aromatic N) is 1. The summed E-state index contributed by atoms with van der Waals surface area (Å²) in [5.41, 5.74) is 1.10. The Hall–Kier alpha value is -2.78. The largest absolute Gasteiger partial charge is 0.497 e. The van der Waals surface area contributed by atoms with Crippen molar-refractivity contribution in [3.63, 3.8) is 0 Å². The summed E-state index contributed by atoms with van der Waals surface area (Å²) in [5.74, 6) is 1.82. The number of fused-ring (bicyclic) bond motifs is 1. The summed E-state index contributed by atoms with van der Waals surface area (Å²) in [4.78, 5) is 13.1. The van der Waals surface area contributed by atoms with Gasteiger partial charge in [0.05, 0.1) is 25.2 Å². The fourth-order valence-corrected chi connectivity index (χ4v) is 4.88. The summed E-state index contributed by atoms with van der Waals surface area (Å²) in [6, 6.07) is 10.0. The highest BCUT2D eigenvalue weighted by atomic mass is 32.2. The Bertz CT molecular complexity index is 1130. The topological polar surface area (TPSA) is 94.2 Å². The summed E-state index contributed by atoms with van der Waals surface area (Å²) in [7, 11) is 2.49. The van der Waals surface area contributed by atoms with E-state index in [1.165, 1.54) is 27.3 Å². The van der Waals surface area contributed by atoms with Crippen molar-refractivity contribution >= 4 is 15.9 Å². The zero-order valence-electron chi connectivity index (χ0n) is 20.0. The third kappa shape index (κ3) is 5.59. The van der Waals surface area contributed by atoms with Crippen molar-refractivity contribution in [3.05, 3.63) is 47.5 Å². The van der Waals surface area contributed by atoms with Gasteiger partial charge in [0.15, 0.2) is 0 Å². The van der Waals surface area contributed by atoms with Crippen LogP contribution < -0.4 is 19.5 Å². The quantitative estimate of drug-likeness (QED) is 0.628. The molecule has 180 valence electrons.